The number of carbonyl (C=O) groups excluding carboxylic acids is 2. The van der Waals surface area contributed by atoms with Crippen molar-refractivity contribution in [3.05, 3.63) is 29.5 Å². The number of amides is 3. The number of fused-ring (bicyclic) bond motifs is 1. The lowest BCUT2D eigenvalue weighted by Crippen LogP contribution is -2.59. The predicted molar refractivity (Wildman–Crippen MR) is 142 cm³/mol. The number of hydrogen-bond donors (Lipinski definition) is 2. The Balaban J connectivity index is 1.10. The molecule has 0 bridgehead atoms. The van der Waals surface area contributed by atoms with Gasteiger partial charge >= 0.3 is 6.03 Å². The zero-order valence-corrected chi connectivity index (χ0v) is 22.8. The summed E-state index contributed by atoms with van der Waals surface area (Å²) in [4.78, 5) is 37.5. The molecule has 2 aromatic heterocycles. The molecule has 3 fully saturated rings. The average Bonchev–Trinajstić information content (AvgIpc) is 3.55. The lowest BCUT2D eigenvalue weighted by atomic mass is 9.93. The van der Waals surface area contributed by atoms with Crippen molar-refractivity contribution in [3.63, 3.8) is 0 Å². The highest BCUT2D eigenvalue weighted by atomic mass is 16.5. The zero-order valence-electron chi connectivity index (χ0n) is 22.8. The third kappa shape index (κ3) is 4.59. The smallest absolute Gasteiger partial charge is 0.321 e. The highest BCUT2D eigenvalue weighted by Crippen LogP contribution is 2.41. The van der Waals surface area contributed by atoms with Crippen LogP contribution in [0.2, 0.25) is 0 Å². The Morgan fingerprint density at radius 3 is 2.68 bits per heavy atom. The minimum atomic E-state index is -0.562. The lowest BCUT2D eigenvalue weighted by molar-refractivity contribution is 0.0290. The molecule has 1 aliphatic carbocycles. The first-order valence-electron chi connectivity index (χ1n) is 14.1. The van der Waals surface area contributed by atoms with Crippen molar-refractivity contribution in [1.82, 2.24) is 34.4 Å². The second-order valence-corrected chi connectivity index (χ2v) is 12.0. The fourth-order valence-electron chi connectivity index (χ4n) is 6.37. The third-order valence-electron chi connectivity index (χ3n) is 9.08. The largest absolute Gasteiger partial charge is 0.381 e. The monoisotopic (exact) mass is 524 g/mol. The molecule has 4 aliphatic rings. The zero-order chi connectivity index (χ0) is 26.4. The van der Waals surface area contributed by atoms with E-state index < -0.39 is 5.54 Å². The maximum absolute atomic E-state index is 13.8. The van der Waals surface area contributed by atoms with Crippen LogP contribution in [0.1, 0.15) is 80.7 Å². The first-order chi connectivity index (χ1) is 18.3. The Bertz CT molecular complexity index is 1180. The summed E-state index contributed by atoms with van der Waals surface area (Å²) in [6.07, 6.45) is 9.29. The van der Waals surface area contributed by atoms with Gasteiger partial charge in [0.15, 0.2) is 5.82 Å². The molecule has 2 saturated heterocycles. The van der Waals surface area contributed by atoms with Crippen LogP contribution in [0.15, 0.2) is 12.5 Å². The van der Waals surface area contributed by atoms with Gasteiger partial charge in [0.1, 0.15) is 5.69 Å². The summed E-state index contributed by atoms with van der Waals surface area (Å²) in [7, 11) is 0. The van der Waals surface area contributed by atoms with Gasteiger partial charge in [-0.2, -0.15) is 5.10 Å². The number of rotatable bonds is 5. The van der Waals surface area contributed by atoms with Gasteiger partial charge in [-0.3, -0.25) is 14.8 Å². The molecule has 0 unspecified atom stereocenters. The number of aromatic amines is 1. The molecule has 1 saturated carbocycles. The van der Waals surface area contributed by atoms with Gasteiger partial charge in [0.2, 0.25) is 0 Å². The molecule has 11 heteroatoms. The quantitative estimate of drug-likeness (QED) is 0.622. The van der Waals surface area contributed by atoms with Crippen LogP contribution in [0, 0.1) is 5.92 Å². The summed E-state index contributed by atoms with van der Waals surface area (Å²) >= 11 is 0. The first kappa shape index (κ1) is 25.4. The van der Waals surface area contributed by atoms with E-state index in [-0.39, 0.29) is 18.0 Å². The van der Waals surface area contributed by atoms with Crippen molar-refractivity contribution in [2.24, 2.45) is 5.92 Å². The van der Waals surface area contributed by atoms with E-state index in [0.29, 0.717) is 30.0 Å². The van der Waals surface area contributed by atoms with Crippen molar-refractivity contribution in [3.8, 4) is 0 Å². The molecule has 2 aromatic rings. The average molecular weight is 525 g/mol. The molecule has 38 heavy (non-hydrogen) atoms. The van der Waals surface area contributed by atoms with Gasteiger partial charge < -0.3 is 24.4 Å². The first-order valence-corrected chi connectivity index (χ1v) is 14.1. The molecule has 3 amide bonds. The van der Waals surface area contributed by atoms with Crippen LogP contribution in [0.25, 0.3) is 0 Å². The molecular weight excluding hydrogens is 484 g/mol. The Labute approximate surface area is 223 Å². The fourth-order valence-corrected chi connectivity index (χ4v) is 6.37. The Kier molecular flexibility index (Phi) is 6.67. The van der Waals surface area contributed by atoms with Gasteiger partial charge in [-0.15, -0.1) is 0 Å². The minimum Gasteiger partial charge on any atom is -0.381 e. The summed E-state index contributed by atoms with van der Waals surface area (Å²) in [5.74, 6) is 0.879. The molecule has 1 atom stereocenters. The van der Waals surface area contributed by atoms with Gasteiger partial charge in [0.25, 0.3) is 5.91 Å². The lowest BCUT2D eigenvalue weighted by Gasteiger charge is -2.44. The molecule has 2 N–H and O–H groups in total. The van der Waals surface area contributed by atoms with Crippen LogP contribution < -0.4 is 5.32 Å². The van der Waals surface area contributed by atoms with Crippen LogP contribution in [-0.2, 0) is 16.8 Å². The normalized spacial score (nSPS) is 24.3. The standard InChI is InChI=1S/C27H40N8O3/c1-18-13-32(14-19-7-11-38-12-8-19)9-10-34(18)26(37)35-15-21-23(27(35,2)3)30-31-24(21)29-25(36)22-16-33(17-28-22)20-5-4-6-20/h16-20H,4-15H2,1-3H3,(H2,29,30,31,36)/t18-/m0/s1. The van der Waals surface area contributed by atoms with Crippen molar-refractivity contribution < 1.29 is 14.3 Å². The summed E-state index contributed by atoms with van der Waals surface area (Å²) in [6, 6.07) is 0.619. The Morgan fingerprint density at radius 2 is 1.97 bits per heavy atom. The van der Waals surface area contributed by atoms with E-state index in [4.69, 9.17) is 4.74 Å². The van der Waals surface area contributed by atoms with E-state index in [0.717, 1.165) is 76.3 Å². The summed E-state index contributed by atoms with van der Waals surface area (Å²) in [5, 5.41) is 10.4. The van der Waals surface area contributed by atoms with E-state index in [2.05, 4.69) is 32.3 Å². The number of carbonyl (C=O) groups is 2. The molecule has 3 aliphatic heterocycles. The Morgan fingerprint density at radius 1 is 1.18 bits per heavy atom. The topological polar surface area (TPSA) is 112 Å². The van der Waals surface area contributed by atoms with E-state index in [1.165, 1.54) is 6.42 Å². The van der Waals surface area contributed by atoms with E-state index in [9.17, 15) is 9.59 Å². The number of ether oxygens (including phenoxy) is 1. The van der Waals surface area contributed by atoms with Crippen LogP contribution in [0.5, 0.6) is 0 Å². The molecular formula is C27H40N8O3. The molecule has 0 radical (unpaired) electrons. The SMILES string of the molecule is C[C@H]1CN(CC2CCOCC2)CCN1C(=O)N1Cc2c(NC(=O)c3cn(C4CCC4)cn3)n[nH]c2C1(C)C. The minimum absolute atomic E-state index is 0.0364. The third-order valence-corrected chi connectivity index (χ3v) is 9.08. The number of nitrogens with zero attached hydrogens (tertiary/aromatic N) is 6. The molecule has 5 heterocycles. The number of aromatic nitrogens is 4. The molecule has 11 nitrogen and oxygen atoms in total. The van der Waals surface area contributed by atoms with Crippen molar-refractivity contribution in [1.29, 1.82) is 0 Å². The van der Waals surface area contributed by atoms with Crippen molar-refractivity contribution >= 4 is 17.8 Å². The van der Waals surface area contributed by atoms with Crippen LogP contribution in [0.4, 0.5) is 10.6 Å². The van der Waals surface area contributed by atoms with Gasteiger partial charge in [-0.1, -0.05) is 0 Å². The molecule has 0 aromatic carbocycles. The summed E-state index contributed by atoms with van der Waals surface area (Å²) < 4.78 is 7.54. The molecule has 0 spiro atoms. The Hall–Kier alpha value is -2.92. The second kappa shape index (κ2) is 10.00. The number of H-pyrrole nitrogens is 1. The van der Waals surface area contributed by atoms with Gasteiger partial charge in [-0.05, 0) is 58.8 Å². The number of piperazine rings is 1. The van der Waals surface area contributed by atoms with Crippen LogP contribution in [-0.4, -0.2) is 91.8 Å². The van der Waals surface area contributed by atoms with Crippen molar-refractivity contribution in [2.75, 3.05) is 44.7 Å². The molecule has 6 rings (SSSR count). The van der Waals surface area contributed by atoms with Gasteiger partial charge in [0, 0.05) is 63.2 Å². The fraction of sp³-hybridized carbons (Fsp3) is 0.704. The van der Waals surface area contributed by atoms with E-state index >= 15 is 0 Å². The number of hydrogen-bond acceptors (Lipinski definition) is 6. The number of nitrogens with one attached hydrogen (secondary N) is 2. The van der Waals surface area contributed by atoms with E-state index in [1.54, 1.807) is 6.33 Å². The maximum atomic E-state index is 13.8. The van der Waals surface area contributed by atoms with Crippen LogP contribution >= 0.6 is 0 Å². The number of urea groups is 1. The predicted octanol–water partition coefficient (Wildman–Crippen LogP) is 3.19. The number of anilines is 1. The summed E-state index contributed by atoms with van der Waals surface area (Å²) in [6.45, 7) is 11.9. The highest BCUT2D eigenvalue weighted by molar-refractivity contribution is 6.02. The second-order valence-electron chi connectivity index (χ2n) is 12.0. The van der Waals surface area contributed by atoms with Crippen molar-refractivity contribution in [2.45, 2.75) is 77.0 Å². The van der Waals surface area contributed by atoms with Crippen LogP contribution in [0.3, 0.4) is 0 Å². The number of imidazole rings is 1. The van der Waals surface area contributed by atoms with Gasteiger partial charge in [0.05, 0.1) is 24.1 Å². The summed E-state index contributed by atoms with van der Waals surface area (Å²) in [5.41, 5.74) is 1.55. The maximum Gasteiger partial charge on any atom is 0.321 e. The van der Waals surface area contributed by atoms with E-state index in [1.807, 2.05) is 34.4 Å². The van der Waals surface area contributed by atoms with Gasteiger partial charge in [-0.25, -0.2) is 9.78 Å². The highest BCUT2D eigenvalue weighted by Gasteiger charge is 2.46. The molecule has 206 valence electrons.